The molecular weight excluding hydrogens is 318 g/mol. The van der Waals surface area contributed by atoms with Crippen LogP contribution >= 0.6 is 11.8 Å². The summed E-state index contributed by atoms with van der Waals surface area (Å²) < 4.78 is 0. The van der Waals surface area contributed by atoms with Gasteiger partial charge >= 0.3 is 0 Å². The first kappa shape index (κ1) is 16.3. The first-order valence-corrected chi connectivity index (χ1v) is 9.00. The zero-order valence-corrected chi connectivity index (χ0v) is 14.3. The third-order valence-electron chi connectivity index (χ3n) is 3.50. The van der Waals surface area contributed by atoms with E-state index in [0.717, 1.165) is 22.8 Å². The first-order valence-electron chi connectivity index (χ1n) is 7.85. The summed E-state index contributed by atoms with van der Waals surface area (Å²) in [6, 6.07) is 19.4. The van der Waals surface area contributed by atoms with Gasteiger partial charge in [0.15, 0.2) is 0 Å². The molecule has 0 aliphatic rings. The van der Waals surface area contributed by atoms with Gasteiger partial charge in [-0.1, -0.05) is 49.4 Å². The van der Waals surface area contributed by atoms with Gasteiger partial charge < -0.3 is 5.32 Å². The second-order valence-electron chi connectivity index (χ2n) is 5.30. The molecule has 2 aromatic carbocycles. The number of nitrogens with one attached hydrogen (secondary N) is 2. The average Bonchev–Trinajstić information content (AvgIpc) is 2.61. The number of thioether (sulfide) groups is 1. The van der Waals surface area contributed by atoms with Crippen molar-refractivity contribution in [3.05, 3.63) is 76.6 Å². The zero-order chi connectivity index (χ0) is 16.8. The molecular formula is C19H19N3OS. The Morgan fingerprint density at radius 3 is 2.54 bits per heavy atom. The maximum atomic E-state index is 11.9. The number of anilines is 2. The van der Waals surface area contributed by atoms with Gasteiger partial charge in [-0.25, -0.2) is 4.98 Å². The largest absolute Gasteiger partial charge is 0.326 e. The van der Waals surface area contributed by atoms with Crippen LogP contribution in [0.2, 0.25) is 0 Å². The lowest BCUT2D eigenvalue weighted by atomic mass is 10.1. The number of hydrogen-bond donors (Lipinski definition) is 2. The molecule has 0 unspecified atom stereocenters. The lowest BCUT2D eigenvalue weighted by molar-refractivity contribution is 1.12. The SMILES string of the molecule is CCSCc1ccc(Nc2nc(-c3ccccc3)cc(=O)[nH]2)cc1. The summed E-state index contributed by atoms with van der Waals surface area (Å²) >= 11 is 1.89. The van der Waals surface area contributed by atoms with Gasteiger partial charge in [-0.2, -0.15) is 11.8 Å². The fourth-order valence-corrected chi connectivity index (χ4v) is 2.95. The minimum absolute atomic E-state index is 0.178. The fourth-order valence-electron chi connectivity index (χ4n) is 2.31. The number of benzene rings is 2. The standard InChI is InChI=1S/C19H19N3OS/c1-2-24-13-14-8-10-16(11-9-14)20-19-21-17(12-18(23)22-19)15-6-4-3-5-7-15/h3-12H,2,13H2,1H3,(H2,20,21,22,23). The van der Waals surface area contributed by atoms with Gasteiger partial charge in [0.05, 0.1) is 5.69 Å². The van der Waals surface area contributed by atoms with E-state index in [1.165, 1.54) is 11.6 Å². The topological polar surface area (TPSA) is 57.8 Å². The second-order valence-corrected chi connectivity index (χ2v) is 6.58. The van der Waals surface area contributed by atoms with Crippen LogP contribution in [0.3, 0.4) is 0 Å². The van der Waals surface area contributed by atoms with Crippen molar-refractivity contribution in [2.24, 2.45) is 0 Å². The molecule has 1 aromatic heterocycles. The predicted octanol–water partition coefficient (Wildman–Crippen LogP) is 4.43. The summed E-state index contributed by atoms with van der Waals surface area (Å²) in [7, 11) is 0. The Balaban J connectivity index is 1.80. The van der Waals surface area contributed by atoms with Gasteiger partial charge in [0, 0.05) is 23.1 Å². The van der Waals surface area contributed by atoms with Crippen LogP contribution in [0.15, 0.2) is 65.5 Å². The quantitative estimate of drug-likeness (QED) is 0.698. The van der Waals surface area contributed by atoms with Crippen molar-refractivity contribution in [1.82, 2.24) is 9.97 Å². The van der Waals surface area contributed by atoms with E-state index < -0.39 is 0 Å². The van der Waals surface area contributed by atoms with Crippen LogP contribution in [-0.4, -0.2) is 15.7 Å². The molecule has 3 aromatic rings. The van der Waals surface area contributed by atoms with Crippen LogP contribution in [-0.2, 0) is 5.75 Å². The molecule has 4 nitrogen and oxygen atoms in total. The minimum atomic E-state index is -0.178. The smallest absolute Gasteiger partial charge is 0.252 e. The van der Waals surface area contributed by atoms with Crippen LogP contribution in [0, 0.1) is 0 Å². The molecule has 0 fully saturated rings. The molecule has 0 atom stereocenters. The van der Waals surface area contributed by atoms with E-state index in [1.54, 1.807) is 0 Å². The highest BCUT2D eigenvalue weighted by Gasteiger charge is 2.04. The van der Waals surface area contributed by atoms with Crippen LogP contribution in [0.4, 0.5) is 11.6 Å². The maximum Gasteiger partial charge on any atom is 0.252 e. The van der Waals surface area contributed by atoms with E-state index in [2.05, 4.69) is 34.3 Å². The number of rotatable bonds is 6. The molecule has 0 saturated heterocycles. The number of aromatic amines is 1. The molecule has 0 amide bonds. The van der Waals surface area contributed by atoms with Crippen molar-refractivity contribution in [1.29, 1.82) is 0 Å². The molecule has 0 aliphatic heterocycles. The number of aromatic nitrogens is 2. The molecule has 1 heterocycles. The highest BCUT2D eigenvalue weighted by Crippen LogP contribution is 2.19. The summed E-state index contributed by atoms with van der Waals surface area (Å²) in [4.78, 5) is 19.1. The van der Waals surface area contributed by atoms with E-state index >= 15 is 0 Å². The highest BCUT2D eigenvalue weighted by molar-refractivity contribution is 7.98. The predicted molar refractivity (Wildman–Crippen MR) is 102 cm³/mol. The Hall–Kier alpha value is -2.53. The molecule has 122 valence electrons. The first-order chi connectivity index (χ1) is 11.7. The molecule has 5 heteroatoms. The summed E-state index contributed by atoms with van der Waals surface area (Å²) in [5, 5.41) is 3.16. The van der Waals surface area contributed by atoms with Gasteiger partial charge in [0.2, 0.25) is 5.95 Å². The molecule has 0 saturated carbocycles. The van der Waals surface area contributed by atoms with E-state index in [9.17, 15) is 4.79 Å². The normalized spacial score (nSPS) is 10.5. The van der Waals surface area contributed by atoms with E-state index in [-0.39, 0.29) is 5.56 Å². The van der Waals surface area contributed by atoms with Crippen molar-refractivity contribution >= 4 is 23.4 Å². The monoisotopic (exact) mass is 337 g/mol. The van der Waals surface area contributed by atoms with E-state index in [0.29, 0.717) is 11.6 Å². The molecule has 2 N–H and O–H groups in total. The Bertz CT molecular complexity index is 844. The Kier molecular flexibility index (Phi) is 5.33. The van der Waals surface area contributed by atoms with Crippen molar-refractivity contribution in [3.63, 3.8) is 0 Å². The van der Waals surface area contributed by atoms with Crippen molar-refractivity contribution in [2.45, 2.75) is 12.7 Å². The number of H-pyrrole nitrogens is 1. The molecule has 0 bridgehead atoms. The molecule has 0 aliphatic carbocycles. The summed E-state index contributed by atoms with van der Waals surface area (Å²) in [6.45, 7) is 2.16. The van der Waals surface area contributed by atoms with Gasteiger partial charge in [-0.3, -0.25) is 9.78 Å². The van der Waals surface area contributed by atoms with Crippen LogP contribution in [0.1, 0.15) is 12.5 Å². The molecule has 0 radical (unpaired) electrons. The number of nitrogens with zero attached hydrogens (tertiary/aromatic N) is 1. The third-order valence-corrected chi connectivity index (χ3v) is 4.45. The van der Waals surface area contributed by atoms with Crippen LogP contribution in [0.5, 0.6) is 0 Å². The highest BCUT2D eigenvalue weighted by atomic mass is 32.2. The Morgan fingerprint density at radius 2 is 1.83 bits per heavy atom. The number of hydrogen-bond acceptors (Lipinski definition) is 4. The Labute approximate surface area is 145 Å². The fraction of sp³-hybridized carbons (Fsp3) is 0.158. The minimum Gasteiger partial charge on any atom is -0.326 e. The van der Waals surface area contributed by atoms with Crippen molar-refractivity contribution in [2.75, 3.05) is 11.1 Å². The molecule has 24 heavy (non-hydrogen) atoms. The maximum absolute atomic E-state index is 11.9. The lowest BCUT2D eigenvalue weighted by Gasteiger charge is -2.08. The van der Waals surface area contributed by atoms with Gasteiger partial charge in [-0.05, 0) is 23.4 Å². The third kappa shape index (κ3) is 4.26. The molecule has 0 spiro atoms. The zero-order valence-electron chi connectivity index (χ0n) is 13.5. The van der Waals surface area contributed by atoms with Crippen LogP contribution in [0.25, 0.3) is 11.3 Å². The van der Waals surface area contributed by atoms with Crippen LogP contribution < -0.4 is 10.9 Å². The van der Waals surface area contributed by atoms with Gasteiger partial charge in [0.1, 0.15) is 0 Å². The van der Waals surface area contributed by atoms with E-state index in [4.69, 9.17) is 0 Å². The van der Waals surface area contributed by atoms with Crippen molar-refractivity contribution < 1.29 is 0 Å². The molecule has 3 rings (SSSR count). The average molecular weight is 337 g/mol. The summed E-state index contributed by atoms with van der Waals surface area (Å²) in [5.41, 5.74) is 3.57. The lowest BCUT2D eigenvalue weighted by Crippen LogP contribution is -2.10. The Morgan fingerprint density at radius 1 is 1.08 bits per heavy atom. The summed E-state index contributed by atoms with van der Waals surface area (Å²) in [6.07, 6.45) is 0. The summed E-state index contributed by atoms with van der Waals surface area (Å²) in [5.74, 6) is 2.56. The van der Waals surface area contributed by atoms with E-state index in [1.807, 2.05) is 54.2 Å². The second kappa shape index (κ2) is 7.84. The van der Waals surface area contributed by atoms with Gasteiger partial charge in [-0.15, -0.1) is 0 Å². The van der Waals surface area contributed by atoms with Gasteiger partial charge in [0.25, 0.3) is 5.56 Å². The van der Waals surface area contributed by atoms with Crippen molar-refractivity contribution in [3.8, 4) is 11.3 Å².